The Hall–Kier alpha value is -2.08. The summed E-state index contributed by atoms with van der Waals surface area (Å²) in [6, 6.07) is 12.4. The Morgan fingerprint density at radius 1 is 1.07 bits per heavy atom. The minimum atomic E-state index is -0.435. The zero-order valence-corrected chi connectivity index (χ0v) is 17.8. The van der Waals surface area contributed by atoms with Gasteiger partial charge in [-0.25, -0.2) is 4.79 Å². The Kier molecular flexibility index (Phi) is 7.53. The van der Waals surface area contributed by atoms with Crippen LogP contribution in [0.4, 0.5) is 5.69 Å². The van der Waals surface area contributed by atoms with Crippen LogP contribution < -0.4 is 5.32 Å². The van der Waals surface area contributed by atoms with Gasteiger partial charge in [0.2, 0.25) is 5.91 Å². The first-order chi connectivity index (χ1) is 14.0. The quantitative estimate of drug-likeness (QED) is 0.648. The van der Waals surface area contributed by atoms with Crippen LogP contribution in [0.15, 0.2) is 42.5 Å². The van der Waals surface area contributed by atoms with Crippen LogP contribution in [0.5, 0.6) is 0 Å². The highest BCUT2D eigenvalue weighted by molar-refractivity contribution is 6.35. The highest BCUT2D eigenvalue weighted by atomic mass is 35.5. The molecule has 29 heavy (non-hydrogen) atoms. The average molecular weight is 435 g/mol. The van der Waals surface area contributed by atoms with Gasteiger partial charge in [0.1, 0.15) is 0 Å². The SMILES string of the molecule is CCOC(=O)c1ccccc1NC(=O)C1CCN(Cc2c(Cl)cccc2Cl)CC1. The molecule has 5 nitrogen and oxygen atoms in total. The van der Waals surface area contributed by atoms with Crippen LogP contribution in [0.25, 0.3) is 0 Å². The normalized spacial score (nSPS) is 15.1. The molecule has 0 bridgehead atoms. The first-order valence-electron chi connectivity index (χ1n) is 9.71. The van der Waals surface area contributed by atoms with E-state index < -0.39 is 5.97 Å². The number of carbonyl (C=O) groups is 2. The highest BCUT2D eigenvalue weighted by Crippen LogP contribution is 2.28. The molecule has 0 aliphatic carbocycles. The molecule has 0 spiro atoms. The van der Waals surface area contributed by atoms with Crippen LogP contribution in [0.2, 0.25) is 10.0 Å². The lowest BCUT2D eigenvalue weighted by Gasteiger charge is -2.31. The van der Waals surface area contributed by atoms with Gasteiger partial charge in [-0.1, -0.05) is 41.4 Å². The van der Waals surface area contributed by atoms with Crippen molar-refractivity contribution < 1.29 is 14.3 Å². The maximum absolute atomic E-state index is 12.7. The number of nitrogens with zero attached hydrogens (tertiary/aromatic N) is 1. The van der Waals surface area contributed by atoms with Crippen LogP contribution in [0, 0.1) is 5.92 Å². The number of para-hydroxylation sites is 1. The van der Waals surface area contributed by atoms with Crippen molar-refractivity contribution >= 4 is 40.8 Å². The van der Waals surface area contributed by atoms with E-state index in [0.29, 0.717) is 27.8 Å². The number of halogens is 2. The van der Waals surface area contributed by atoms with Gasteiger partial charge in [-0.2, -0.15) is 0 Å². The zero-order chi connectivity index (χ0) is 20.8. The average Bonchev–Trinajstić information content (AvgIpc) is 2.72. The van der Waals surface area contributed by atoms with E-state index in [4.69, 9.17) is 27.9 Å². The summed E-state index contributed by atoms with van der Waals surface area (Å²) in [6.07, 6.45) is 1.46. The monoisotopic (exact) mass is 434 g/mol. The molecule has 1 N–H and O–H groups in total. The van der Waals surface area contributed by atoms with Crippen LogP contribution in [-0.2, 0) is 16.1 Å². The van der Waals surface area contributed by atoms with Gasteiger partial charge < -0.3 is 10.1 Å². The predicted molar refractivity (Wildman–Crippen MR) is 115 cm³/mol. The molecule has 1 heterocycles. The van der Waals surface area contributed by atoms with Crippen molar-refractivity contribution in [2.75, 3.05) is 25.0 Å². The topological polar surface area (TPSA) is 58.6 Å². The van der Waals surface area contributed by atoms with Crippen molar-refractivity contribution in [2.24, 2.45) is 5.92 Å². The zero-order valence-electron chi connectivity index (χ0n) is 16.3. The summed E-state index contributed by atoms with van der Waals surface area (Å²) in [4.78, 5) is 27.1. The second-order valence-corrected chi connectivity index (χ2v) is 7.82. The van der Waals surface area contributed by atoms with Crippen LogP contribution >= 0.6 is 23.2 Å². The molecular formula is C22H24Cl2N2O3. The number of benzene rings is 2. The second kappa shape index (κ2) is 10.1. The summed E-state index contributed by atoms with van der Waals surface area (Å²) in [5, 5.41) is 4.22. The summed E-state index contributed by atoms with van der Waals surface area (Å²) in [7, 11) is 0. The molecule has 0 aromatic heterocycles. The molecule has 1 fully saturated rings. The largest absolute Gasteiger partial charge is 0.462 e. The van der Waals surface area contributed by atoms with E-state index in [1.54, 1.807) is 31.2 Å². The van der Waals surface area contributed by atoms with Crippen molar-refractivity contribution in [1.82, 2.24) is 4.90 Å². The summed E-state index contributed by atoms with van der Waals surface area (Å²) in [5.41, 5.74) is 1.77. The summed E-state index contributed by atoms with van der Waals surface area (Å²) in [6.45, 7) is 4.26. The molecule has 3 rings (SSSR count). The third-order valence-corrected chi connectivity index (χ3v) is 5.79. The smallest absolute Gasteiger partial charge is 0.340 e. The number of hydrogen-bond donors (Lipinski definition) is 1. The van der Waals surface area contributed by atoms with Crippen molar-refractivity contribution in [3.05, 3.63) is 63.6 Å². The van der Waals surface area contributed by atoms with Gasteiger partial charge in [0, 0.05) is 28.1 Å². The highest BCUT2D eigenvalue weighted by Gasteiger charge is 2.26. The molecular weight excluding hydrogens is 411 g/mol. The van der Waals surface area contributed by atoms with E-state index >= 15 is 0 Å². The predicted octanol–water partition coefficient (Wildman–Crippen LogP) is 5.02. The summed E-state index contributed by atoms with van der Waals surface area (Å²) >= 11 is 12.5. The molecule has 0 atom stereocenters. The molecule has 1 amide bonds. The molecule has 2 aromatic rings. The number of amides is 1. The number of anilines is 1. The number of ether oxygens (including phenoxy) is 1. The molecule has 154 valence electrons. The molecule has 0 radical (unpaired) electrons. The minimum Gasteiger partial charge on any atom is -0.462 e. The third kappa shape index (κ3) is 5.50. The van der Waals surface area contributed by atoms with E-state index in [-0.39, 0.29) is 18.4 Å². The van der Waals surface area contributed by atoms with Crippen LogP contribution in [0.1, 0.15) is 35.7 Å². The number of likely N-dealkylation sites (tertiary alicyclic amines) is 1. The van der Waals surface area contributed by atoms with Crippen molar-refractivity contribution in [2.45, 2.75) is 26.3 Å². The maximum Gasteiger partial charge on any atom is 0.340 e. The number of piperidine rings is 1. The molecule has 2 aromatic carbocycles. The lowest BCUT2D eigenvalue weighted by Crippen LogP contribution is -2.38. The first-order valence-corrected chi connectivity index (χ1v) is 10.5. The lowest BCUT2D eigenvalue weighted by atomic mass is 9.95. The van der Waals surface area contributed by atoms with Gasteiger partial charge in [0.05, 0.1) is 17.9 Å². The first kappa shape index (κ1) is 21.6. The van der Waals surface area contributed by atoms with Gasteiger partial charge >= 0.3 is 5.97 Å². The van der Waals surface area contributed by atoms with Gasteiger partial charge in [0.25, 0.3) is 0 Å². The third-order valence-electron chi connectivity index (χ3n) is 5.08. The molecule has 0 saturated carbocycles. The molecule has 1 aliphatic rings. The lowest BCUT2D eigenvalue weighted by molar-refractivity contribution is -0.121. The van der Waals surface area contributed by atoms with E-state index in [1.807, 2.05) is 18.2 Å². The van der Waals surface area contributed by atoms with Crippen molar-refractivity contribution in [3.63, 3.8) is 0 Å². The van der Waals surface area contributed by atoms with Crippen molar-refractivity contribution in [3.8, 4) is 0 Å². The second-order valence-electron chi connectivity index (χ2n) is 7.01. The summed E-state index contributed by atoms with van der Waals surface area (Å²) in [5.74, 6) is -0.616. The van der Waals surface area contributed by atoms with Gasteiger partial charge in [-0.15, -0.1) is 0 Å². The molecule has 1 aliphatic heterocycles. The number of rotatable bonds is 6. The van der Waals surface area contributed by atoms with Crippen LogP contribution in [0.3, 0.4) is 0 Å². The Bertz CT molecular complexity index is 860. The number of nitrogens with one attached hydrogen (secondary N) is 1. The standard InChI is InChI=1S/C22H24Cl2N2O3/c1-2-29-22(28)16-6-3-4-9-20(16)25-21(27)15-10-12-26(13-11-15)14-17-18(23)7-5-8-19(17)24/h3-9,15H,2,10-14H2,1H3,(H,25,27). The minimum absolute atomic E-state index is 0.0721. The molecule has 7 heteroatoms. The van der Waals surface area contributed by atoms with Gasteiger partial charge in [-0.05, 0) is 57.1 Å². The van der Waals surface area contributed by atoms with E-state index in [2.05, 4.69) is 10.2 Å². The van der Waals surface area contributed by atoms with E-state index in [0.717, 1.165) is 31.5 Å². The molecule has 0 unspecified atom stereocenters. The van der Waals surface area contributed by atoms with Crippen LogP contribution in [-0.4, -0.2) is 36.5 Å². The Morgan fingerprint density at radius 2 is 1.72 bits per heavy atom. The summed E-state index contributed by atoms with van der Waals surface area (Å²) < 4.78 is 5.07. The van der Waals surface area contributed by atoms with Crippen molar-refractivity contribution in [1.29, 1.82) is 0 Å². The number of carbonyl (C=O) groups excluding carboxylic acids is 2. The Balaban J connectivity index is 1.58. The molecule has 1 saturated heterocycles. The van der Waals surface area contributed by atoms with E-state index in [9.17, 15) is 9.59 Å². The number of hydrogen-bond acceptors (Lipinski definition) is 4. The fourth-order valence-electron chi connectivity index (χ4n) is 3.47. The number of esters is 1. The Labute approximate surface area is 180 Å². The maximum atomic E-state index is 12.7. The fourth-order valence-corrected chi connectivity index (χ4v) is 3.99. The van der Waals surface area contributed by atoms with Gasteiger partial charge in [0.15, 0.2) is 0 Å². The van der Waals surface area contributed by atoms with Gasteiger partial charge in [-0.3, -0.25) is 9.69 Å². The van der Waals surface area contributed by atoms with E-state index in [1.165, 1.54) is 0 Å². The fraction of sp³-hybridized carbons (Fsp3) is 0.364. The Morgan fingerprint density at radius 3 is 2.38 bits per heavy atom.